The summed E-state index contributed by atoms with van der Waals surface area (Å²) in [5, 5.41) is 1.01. The number of ether oxygens (including phenoxy) is 2. The van der Waals surface area contributed by atoms with Crippen molar-refractivity contribution < 1.29 is 9.47 Å². The topological polar surface area (TPSA) is 67.5 Å². The monoisotopic (exact) mass is 373 g/mol. The summed E-state index contributed by atoms with van der Waals surface area (Å²) in [4.78, 5) is 21.5. The first-order chi connectivity index (χ1) is 12.6. The number of para-hydroxylation sites is 2. The van der Waals surface area contributed by atoms with Crippen molar-refractivity contribution in [2.45, 2.75) is 6.54 Å². The van der Waals surface area contributed by atoms with Gasteiger partial charge in [0.15, 0.2) is 11.5 Å². The molecule has 0 saturated carbocycles. The number of nitrogens with one attached hydrogen (secondary N) is 1. The maximum Gasteiger partial charge on any atom is 0.258 e. The van der Waals surface area contributed by atoms with Crippen molar-refractivity contribution in [1.29, 1.82) is 0 Å². The van der Waals surface area contributed by atoms with E-state index < -0.39 is 0 Å². The number of halogens is 1. The Kier molecular flexibility index (Phi) is 5.75. The molecule has 2 aromatic carbocycles. The Morgan fingerprint density at radius 1 is 1.19 bits per heavy atom. The summed E-state index contributed by atoms with van der Waals surface area (Å²) >= 11 is 5.93. The average Bonchev–Trinajstić information content (AvgIpc) is 2.63. The third-order valence-electron chi connectivity index (χ3n) is 3.94. The molecule has 0 unspecified atom stereocenters. The molecule has 7 heteroatoms. The van der Waals surface area contributed by atoms with Crippen LogP contribution in [0.2, 0.25) is 5.02 Å². The Morgan fingerprint density at radius 2 is 1.96 bits per heavy atom. The average molecular weight is 374 g/mol. The van der Waals surface area contributed by atoms with Crippen molar-refractivity contribution in [3.63, 3.8) is 0 Å². The van der Waals surface area contributed by atoms with E-state index in [0.29, 0.717) is 52.9 Å². The fraction of sp³-hybridized carbons (Fsp3) is 0.263. The van der Waals surface area contributed by atoms with Gasteiger partial charge in [-0.15, -0.1) is 0 Å². The third-order valence-corrected chi connectivity index (χ3v) is 4.17. The van der Waals surface area contributed by atoms with E-state index in [9.17, 15) is 4.79 Å². The van der Waals surface area contributed by atoms with E-state index in [-0.39, 0.29) is 5.56 Å². The van der Waals surface area contributed by atoms with Crippen LogP contribution in [0.4, 0.5) is 0 Å². The van der Waals surface area contributed by atoms with E-state index in [2.05, 4.69) is 9.97 Å². The number of rotatable bonds is 7. The number of fused-ring (bicyclic) bond motifs is 1. The minimum absolute atomic E-state index is 0.189. The number of nitrogens with zero attached hydrogens (tertiary/aromatic N) is 2. The van der Waals surface area contributed by atoms with Crippen LogP contribution >= 0.6 is 11.6 Å². The highest BCUT2D eigenvalue weighted by molar-refractivity contribution is 6.31. The normalized spacial score (nSPS) is 11.1. The summed E-state index contributed by atoms with van der Waals surface area (Å²) < 4.78 is 11.0. The summed E-state index contributed by atoms with van der Waals surface area (Å²) in [5.41, 5.74) is 0.443. The zero-order valence-electron chi connectivity index (χ0n) is 14.7. The minimum Gasteiger partial charge on any atom is -0.493 e. The Labute approximate surface area is 156 Å². The van der Waals surface area contributed by atoms with Crippen LogP contribution in [0.5, 0.6) is 11.5 Å². The van der Waals surface area contributed by atoms with Gasteiger partial charge in [0, 0.05) is 11.6 Å². The standard InChI is InChI=1S/C19H20ClN3O3/c1-23(9-10-26-17-6-4-3-5-16(17)25-2)12-18-21-15-8-7-13(20)11-14(15)19(24)22-18/h3-8,11H,9-10,12H2,1-2H3,(H,21,22,24). The molecule has 0 spiro atoms. The van der Waals surface area contributed by atoms with E-state index in [0.717, 1.165) is 0 Å². The van der Waals surface area contributed by atoms with Gasteiger partial charge in [-0.1, -0.05) is 23.7 Å². The van der Waals surface area contributed by atoms with Gasteiger partial charge in [0.05, 0.1) is 24.6 Å². The molecular formula is C19H20ClN3O3. The summed E-state index contributed by atoms with van der Waals surface area (Å²) in [6.07, 6.45) is 0. The van der Waals surface area contributed by atoms with Gasteiger partial charge in [-0.2, -0.15) is 0 Å². The zero-order chi connectivity index (χ0) is 18.5. The largest absolute Gasteiger partial charge is 0.493 e. The lowest BCUT2D eigenvalue weighted by atomic mass is 10.2. The van der Waals surface area contributed by atoms with Gasteiger partial charge >= 0.3 is 0 Å². The van der Waals surface area contributed by atoms with Gasteiger partial charge in [0.2, 0.25) is 0 Å². The molecule has 0 bridgehead atoms. The van der Waals surface area contributed by atoms with Crippen LogP contribution in [0.3, 0.4) is 0 Å². The fourth-order valence-electron chi connectivity index (χ4n) is 2.62. The molecule has 26 heavy (non-hydrogen) atoms. The second kappa shape index (κ2) is 8.21. The third kappa shape index (κ3) is 4.33. The zero-order valence-corrected chi connectivity index (χ0v) is 15.4. The van der Waals surface area contributed by atoms with Crippen LogP contribution in [-0.2, 0) is 6.54 Å². The number of H-pyrrole nitrogens is 1. The summed E-state index contributed by atoms with van der Waals surface area (Å²) in [7, 11) is 3.56. The smallest absolute Gasteiger partial charge is 0.258 e. The van der Waals surface area contributed by atoms with Crippen LogP contribution in [0.15, 0.2) is 47.3 Å². The summed E-state index contributed by atoms with van der Waals surface area (Å²) in [6, 6.07) is 12.6. The predicted octanol–water partition coefficient (Wildman–Crippen LogP) is 3.10. The second-order valence-electron chi connectivity index (χ2n) is 5.91. The molecule has 1 heterocycles. The van der Waals surface area contributed by atoms with Crippen molar-refractivity contribution in [3.8, 4) is 11.5 Å². The SMILES string of the molecule is COc1ccccc1OCCN(C)Cc1nc2ccc(Cl)cc2c(=O)[nH]1. The second-order valence-corrected chi connectivity index (χ2v) is 6.35. The molecule has 0 fully saturated rings. The lowest BCUT2D eigenvalue weighted by Gasteiger charge is -2.17. The van der Waals surface area contributed by atoms with Gasteiger partial charge < -0.3 is 14.5 Å². The van der Waals surface area contributed by atoms with E-state index >= 15 is 0 Å². The van der Waals surface area contributed by atoms with Crippen LogP contribution < -0.4 is 15.0 Å². The highest BCUT2D eigenvalue weighted by atomic mass is 35.5. The van der Waals surface area contributed by atoms with Gasteiger partial charge in [-0.05, 0) is 37.4 Å². The molecule has 3 aromatic rings. The molecule has 136 valence electrons. The number of aromatic amines is 1. The Bertz CT molecular complexity index is 958. The van der Waals surface area contributed by atoms with Crippen LogP contribution in [0.25, 0.3) is 10.9 Å². The van der Waals surface area contributed by atoms with Crippen molar-refractivity contribution in [3.05, 3.63) is 63.7 Å². The van der Waals surface area contributed by atoms with Crippen molar-refractivity contribution in [2.75, 3.05) is 27.3 Å². The van der Waals surface area contributed by atoms with Gasteiger partial charge in [-0.3, -0.25) is 9.69 Å². The van der Waals surface area contributed by atoms with Gasteiger partial charge in [0.25, 0.3) is 5.56 Å². The first kappa shape index (κ1) is 18.2. The van der Waals surface area contributed by atoms with E-state index in [4.69, 9.17) is 21.1 Å². The fourth-order valence-corrected chi connectivity index (χ4v) is 2.79. The van der Waals surface area contributed by atoms with E-state index in [1.165, 1.54) is 0 Å². The van der Waals surface area contributed by atoms with Crippen LogP contribution in [0, 0.1) is 0 Å². The molecule has 6 nitrogen and oxygen atoms in total. The first-order valence-electron chi connectivity index (χ1n) is 8.19. The maximum absolute atomic E-state index is 12.2. The lowest BCUT2D eigenvalue weighted by molar-refractivity contribution is 0.223. The Hall–Kier alpha value is -2.57. The number of hydrogen-bond acceptors (Lipinski definition) is 5. The number of aromatic nitrogens is 2. The molecule has 1 aromatic heterocycles. The molecule has 0 aliphatic carbocycles. The maximum atomic E-state index is 12.2. The Balaban J connectivity index is 1.61. The predicted molar refractivity (Wildman–Crippen MR) is 102 cm³/mol. The molecule has 0 amide bonds. The van der Waals surface area contributed by atoms with Gasteiger partial charge in [0.1, 0.15) is 12.4 Å². The summed E-state index contributed by atoms with van der Waals surface area (Å²) in [5.74, 6) is 2.01. The number of methoxy groups -OCH3 is 1. The molecule has 0 saturated heterocycles. The highest BCUT2D eigenvalue weighted by Gasteiger charge is 2.08. The molecule has 0 radical (unpaired) electrons. The highest BCUT2D eigenvalue weighted by Crippen LogP contribution is 2.25. The van der Waals surface area contributed by atoms with E-state index in [1.54, 1.807) is 25.3 Å². The minimum atomic E-state index is -0.189. The lowest BCUT2D eigenvalue weighted by Crippen LogP contribution is -2.26. The molecular weight excluding hydrogens is 354 g/mol. The molecule has 1 N–H and O–H groups in total. The van der Waals surface area contributed by atoms with Crippen molar-refractivity contribution in [2.24, 2.45) is 0 Å². The van der Waals surface area contributed by atoms with Gasteiger partial charge in [-0.25, -0.2) is 4.98 Å². The van der Waals surface area contributed by atoms with Crippen LogP contribution in [0.1, 0.15) is 5.82 Å². The first-order valence-corrected chi connectivity index (χ1v) is 8.57. The number of likely N-dealkylation sites (N-methyl/N-ethyl adjacent to an activating group) is 1. The molecule has 0 aliphatic heterocycles. The quantitative estimate of drug-likeness (QED) is 0.689. The van der Waals surface area contributed by atoms with E-state index in [1.807, 2.05) is 36.2 Å². The number of hydrogen-bond donors (Lipinski definition) is 1. The summed E-state index contributed by atoms with van der Waals surface area (Å²) in [6.45, 7) is 1.66. The van der Waals surface area contributed by atoms with Crippen LogP contribution in [-0.4, -0.2) is 42.2 Å². The molecule has 0 aliphatic rings. The molecule has 3 rings (SSSR count). The number of benzene rings is 2. The van der Waals surface area contributed by atoms with Crippen molar-refractivity contribution >= 4 is 22.5 Å². The van der Waals surface area contributed by atoms with Crippen molar-refractivity contribution in [1.82, 2.24) is 14.9 Å². The molecule has 0 atom stereocenters. The Morgan fingerprint density at radius 3 is 2.73 bits per heavy atom.